The molecule has 2 fully saturated rings. The van der Waals surface area contributed by atoms with Gasteiger partial charge in [-0.3, -0.25) is 4.79 Å². The molecule has 0 aromatic rings. The van der Waals surface area contributed by atoms with Gasteiger partial charge in [0.25, 0.3) is 0 Å². The van der Waals surface area contributed by atoms with Crippen molar-refractivity contribution in [2.45, 2.75) is 198 Å². The first-order valence-corrected chi connectivity index (χ1v) is 19.3. The zero-order valence-corrected chi connectivity index (χ0v) is 30.7. The topological polar surface area (TPSA) is 90.9 Å². The van der Waals surface area contributed by atoms with E-state index in [-0.39, 0.29) is 63.0 Å². The number of carbonyl (C=O) groups excluding carboxylic acids is 1. The van der Waals surface area contributed by atoms with E-state index in [0.29, 0.717) is 12.8 Å². The summed E-state index contributed by atoms with van der Waals surface area (Å²) in [7, 11) is 4.95. The molecule has 0 spiro atoms. The van der Waals surface area contributed by atoms with Gasteiger partial charge in [0.1, 0.15) is 26.5 Å². The summed E-state index contributed by atoms with van der Waals surface area (Å²) in [5, 5.41) is 0. The van der Waals surface area contributed by atoms with E-state index >= 15 is 0 Å². The highest BCUT2D eigenvalue weighted by atomic mass is 16.7. The minimum absolute atomic E-state index is 0.0195. The highest BCUT2D eigenvalue weighted by molar-refractivity contribution is 5.69. The standard InChI is InChI=1S/C38H72O9/c1-5-6-7-8-9-10-11-12-13-14-15-19-22-34(44-30-41-3)36-26-27-37(47-36)35(45-31-42-4)25-23-33-21-18-16-17-20-32(43-29-40-2)24-28-38(39)46-33/h32-37H,5-31H2,1-4H3/t32-,33?,34+,35-,36-,37-/m1/s1. The molecule has 0 amide bonds. The van der Waals surface area contributed by atoms with Gasteiger partial charge in [-0.1, -0.05) is 96.8 Å². The molecular formula is C38H72O9. The van der Waals surface area contributed by atoms with Gasteiger partial charge in [0.2, 0.25) is 0 Å². The van der Waals surface area contributed by atoms with Crippen molar-refractivity contribution in [3.8, 4) is 0 Å². The van der Waals surface area contributed by atoms with Crippen molar-refractivity contribution in [1.29, 1.82) is 0 Å². The predicted molar refractivity (Wildman–Crippen MR) is 185 cm³/mol. The third-order valence-electron chi connectivity index (χ3n) is 9.77. The molecule has 0 aliphatic carbocycles. The summed E-state index contributed by atoms with van der Waals surface area (Å²) < 4.78 is 46.4. The zero-order valence-electron chi connectivity index (χ0n) is 30.7. The molecule has 2 aliphatic heterocycles. The quantitative estimate of drug-likeness (QED) is 0.0482. The summed E-state index contributed by atoms with van der Waals surface area (Å²) in [6.07, 6.45) is 26.2. The predicted octanol–water partition coefficient (Wildman–Crippen LogP) is 9.03. The average Bonchev–Trinajstić information content (AvgIpc) is 3.55. The SMILES string of the molecule is CCCCCCCCCCCCCC[C@H](OCOC)[C@H]1CC[C@H]([C@@H](CCC2CCCCC[C@@H](OCOC)CCC(=O)O2)OCOC)O1. The molecule has 2 saturated heterocycles. The zero-order chi connectivity index (χ0) is 33.8. The van der Waals surface area contributed by atoms with E-state index < -0.39 is 0 Å². The monoisotopic (exact) mass is 673 g/mol. The molecule has 9 nitrogen and oxygen atoms in total. The molecule has 47 heavy (non-hydrogen) atoms. The molecule has 0 aromatic carbocycles. The molecule has 0 N–H and O–H groups in total. The second-order valence-electron chi connectivity index (χ2n) is 13.8. The van der Waals surface area contributed by atoms with Crippen molar-refractivity contribution in [2.24, 2.45) is 0 Å². The lowest BCUT2D eigenvalue weighted by Gasteiger charge is -2.28. The van der Waals surface area contributed by atoms with E-state index in [0.717, 1.165) is 70.6 Å². The van der Waals surface area contributed by atoms with Crippen molar-refractivity contribution >= 4 is 5.97 Å². The Balaban J connectivity index is 1.78. The summed E-state index contributed by atoms with van der Waals surface area (Å²) in [5.41, 5.74) is 0. The fourth-order valence-corrected chi connectivity index (χ4v) is 7.02. The third kappa shape index (κ3) is 20.5. The molecule has 0 bridgehead atoms. The maximum absolute atomic E-state index is 12.7. The van der Waals surface area contributed by atoms with Crippen LogP contribution in [0, 0.1) is 0 Å². The van der Waals surface area contributed by atoms with Gasteiger partial charge in [-0.15, -0.1) is 0 Å². The van der Waals surface area contributed by atoms with E-state index in [1.807, 2.05) is 0 Å². The van der Waals surface area contributed by atoms with Crippen LogP contribution in [-0.2, 0) is 42.7 Å². The Morgan fingerprint density at radius 2 is 1.19 bits per heavy atom. The second-order valence-corrected chi connectivity index (χ2v) is 13.8. The molecule has 2 rings (SSSR count). The maximum Gasteiger partial charge on any atom is 0.306 e. The molecule has 9 heteroatoms. The summed E-state index contributed by atoms with van der Waals surface area (Å²) >= 11 is 0. The Hall–Kier alpha value is -0.810. The van der Waals surface area contributed by atoms with E-state index in [4.69, 9.17) is 37.9 Å². The van der Waals surface area contributed by atoms with E-state index in [1.165, 1.54) is 70.6 Å². The minimum atomic E-state index is -0.148. The van der Waals surface area contributed by atoms with Crippen molar-refractivity contribution < 1.29 is 42.7 Å². The Morgan fingerprint density at radius 3 is 1.79 bits per heavy atom. The van der Waals surface area contributed by atoms with Gasteiger partial charge in [-0.2, -0.15) is 0 Å². The Labute approximate surface area is 287 Å². The summed E-state index contributed by atoms with van der Waals surface area (Å²) in [4.78, 5) is 12.7. The van der Waals surface area contributed by atoms with Gasteiger partial charge < -0.3 is 37.9 Å². The van der Waals surface area contributed by atoms with Crippen LogP contribution in [0.4, 0.5) is 0 Å². The fourth-order valence-electron chi connectivity index (χ4n) is 7.02. The molecule has 2 heterocycles. The van der Waals surface area contributed by atoms with Crippen LogP contribution in [0.3, 0.4) is 0 Å². The van der Waals surface area contributed by atoms with Crippen molar-refractivity contribution in [1.82, 2.24) is 0 Å². The Kier molecular flexibility index (Phi) is 26.1. The van der Waals surface area contributed by atoms with Gasteiger partial charge in [-0.25, -0.2) is 0 Å². The number of unbranched alkanes of at least 4 members (excludes halogenated alkanes) is 11. The molecule has 278 valence electrons. The van der Waals surface area contributed by atoms with Crippen LogP contribution in [0.5, 0.6) is 0 Å². The lowest BCUT2D eigenvalue weighted by molar-refractivity contribution is -0.162. The van der Waals surface area contributed by atoms with E-state index in [1.54, 1.807) is 21.3 Å². The van der Waals surface area contributed by atoms with Crippen LogP contribution in [0.15, 0.2) is 0 Å². The van der Waals surface area contributed by atoms with Crippen LogP contribution >= 0.6 is 0 Å². The maximum atomic E-state index is 12.7. The first kappa shape index (κ1) is 42.4. The molecule has 6 atom stereocenters. The number of hydrogen-bond donors (Lipinski definition) is 0. The molecule has 2 aliphatic rings. The molecular weight excluding hydrogens is 600 g/mol. The number of rotatable bonds is 27. The average molecular weight is 673 g/mol. The van der Waals surface area contributed by atoms with Gasteiger partial charge in [0, 0.05) is 27.8 Å². The molecule has 0 aromatic heterocycles. The van der Waals surface area contributed by atoms with E-state index in [2.05, 4.69) is 6.92 Å². The Bertz CT molecular complexity index is 723. The van der Waals surface area contributed by atoms with Gasteiger partial charge in [-0.05, 0) is 57.8 Å². The number of cyclic esters (lactones) is 1. The first-order valence-electron chi connectivity index (χ1n) is 19.3. The first-order chi connectivity index (χ1) is 23.1. The van der Waals surface area contributed by atoms with Crippen LogP contribution in [-0.4, -0.2) is 84.3 Å². The number of esters is 1. The minimum Gasteiger partial charge on any atom is -0.462 e. The largest absolute Gasteiger partial charge is 0.462 e. The molecule has 0 saturated carbocycles. The fraction of sp³-hybridized carbons (Fsp3) is 0.974. The van der Waals surface area contributed by atoms with Gasteiger partial charge in [0.05, 0.1) is 30.5 Å². The number of hydrogen-bond acceptors (Lipinski definition) is 9. The van der Waals surface area contributed by atoms with Crippen LogP contribution < -0.4 is 0 Å². The van der Waals surface area contributed by atoms with Gasteiger partial charge in [0.15, 0.2) is 0 Å². The second kappa shape index (κ2) is 29.0. The highest BCUT2D eigenvalue weighted by Crippen LogP contribution is 2.32. The highest BCUT2D eigenvalue weighted by Gasteiger charge is 2.37. The van der Waals surface area contributed by atoms with Crippen LogP contribution in [0.2, 0.25) is 0 Å². The number of ether oxygens (including phenoxy) is 8. The summed E-state index contributed by atoms with van der Waals surface area (Å²) in [5.74, 6) is -0.148. The molecule has 1 unspecified atom stereocenters. The van der Waals surface area contributed by atoms with Crippen molar-refractivity contribution in [3.63, 3.8) is 0 Å². The van der Waals surface area contributed by atoms with Crippen molar-refractivity contribution in [3.05, 3.63) is 0 Å². The van der Waals surface area contributed by atoms with Crippen molar-refractivity contribution in [2.75, 3.05) is 41.7 Å². The lowest BCUT2D eigenvalue weighted by Crippen LogP contribution is -2.35. The van der Waals surface area contributed by atoms with Crippen LogP contribution in [0.25, 0.3) is 0 Å². The third-order valence-corrected chi connectivity index (χ3v) is 9.77. The van der Waals surface area contributed by atoms with E-state index in [9.17, 15) is 4.79 Å². The summed E-state index contributed by atoms with van der Waals surface area (Å²) in [6.45, 7) is 3.03. The lowest BCUT2D eigenvalue weighted by atomic mass is 9.98. The number of methoxy groups -OCH3 is 3. The molecule has 0 radical (unpaired) electrons. The van der Waals surface area contributed by atoms with Gasteiger partial charge >= 0.3 is 5.97 Å². The van der Waals surface area contributed by atoms with Crippen LogP contribution in [0.1, 0.15) is 161 Å². The summed E-state index contributed by atoms with van der Waals surface area (Å²) in [6, 6.07) is 0. The number of carbonyl (C=O) groups is 1. The smallest absolute Gasteiger partial charge is 0.306 e. The normalized spacial score (nSPS) is 24.1. The Morgan fingerprint density at radius 1 is 0.638 bits per heavy atom.